The second-order valence-corrected chi connectivity index (χ2v) is 8.94. The van der Waals surface area contributed by atoms with Crippen LogP contribution in [0.3, 0.4) is 0 Å². The van der Waals surface area contributed by atoms with Gasteiger partial charge in [-0.25, -0.2) is 17.5 Å². The van der Waals surface area contributed by atoms with Crippen molar-refractivity contribution in [1.82, 2.24) is 9.36 Å². The van der Waals surface area contributed by atoms with Crippen LogP contribution < -0.4 is 15.0 Å². The van der Waals surface area contributed by atoms with Gasteiger partial charge >= 0.3 is 0 Å². The van der Waals surface area contributed by atoms with Crippen molar-refractivity contribution in [2.75, 3.05) is 4.72 Å². The molecule has 0 spiro atoms. The van der Waals surface area contributed by atoms with Crippen LogP contribution in [0.5, 0.6) is 5.75 Å². The molecule has 0 saturated heterocycles. The van der Waals surface area contributed by atoms with Crippen LogP contribution >= 0.6 is 0 Å². The first-order valence-corrected chi connectivity index (χ1v) is 11.0. The Morgan fingerprint density at radius 2 is 1.83 bits per heavy atom. The van der Waals surface area contributed by atoms with Crippen LogP contribution in [0.1, 0.15) is 25.1 Å². The van der Waals surface area contributed by atoms with E-state index in [1.54, 1.807) is 49.0 Å². The predicted molar refractivity (Wildman–Crippen MR) is 114 cm³/mol. The minimum absolute atomic E-state index is 0.0254. The molecule has 7 nitrogen and oxygen atoms in total. The first-order valence-electron chi connectivity index (χ1n) is 9.38. The summed E-state index contributed by atoms with van der Waals surface area (Å²) in [5, 5.41) is 0. The molecule has 0 unspecified atom stereocenters. The number of hydrogen-bond acceptors (Lipinski definition) is 4. The zero-order valence-electron chi connectivity index (χ0n) is 17.2. The fraction of sp³-hybridized carbons (Fsp3) is 0.286. The molecule has 9 heteroatoms. The number of anilines is 1. The van der Waals surface area contributed by atoms with Gasteiger partial charge in [0.15, 0.2) is 0 Å². The zero-order valence-corrected chi connectivity index (χ0v) is 18.0. The number of benzene rings is 2. The molecule has 0 aliphatic rings. The molecule has 0 atom stereocenters. The van der Waals surface area contributed by atoms with Gasteiger partial charge in [0.25, 0.3) is 5.56 Å². The van der Waals surface area contributed by atoms with Crippen LogP contribution in [0, 0.1) is 12.7 Å². The van der Waals surface area contributed by atoms with E-state index < -0.39 is 27.2 Å². The van der Waals surface area contributed by atoms with E-state index in [-0.39, 0.29) is 17.4 Å². The largest absolute Gasteiger partial charge is 0.491 e. The lowest BCUT2D eigenvalue weighted by Crippen LogP contribution is -2.24. The molecule has 30 heavy (non-hydrogen) atoms. The lowest BCUT2D eigenvalue weighted by Gasteiger charge is -2.12. The summed E-state index contributed by atoms with van der Waals surface area (Å²) in [7, 11) is -2.35. The summed E-state index contributed by atoms with van der Waals surface area (Å²) >= 11 is 0. The average molecular weight is 434 g/mol. The van der Waals surface area contributed by atoms with Gasteiger partial charge in [0.2, 0.25) is 10.0 Å². The molecule has 160 valence electrons. The van der Waals surface area contributed by atoms with E-state index in [4.69, 9.17) is 4.74 Å². The van der Waals surface area contributed by atoms with Crippen molar-refractivity contribution in [1.29, 1.82) is 0 Å². The van der Waals surface area contributed by atoms with Crippen molar-refractivity contribution in [3.63, 3.8) is 0 Å². The zero-order chi connectivity index (χ0) is 22.1. The highest BCUT2D eigenvalue weighted by Crippen LogP contribution is 2.21. The molecule has 0 aliphatic heterocycles. The van der Waals surface area contributed by atoms with Crippen molar-refractivity contribution in [2.45, 2.75) is 32.6 Å². The average Bonchev–Trinajstić information content (AvgIpc) is 2.86. The second kappa shape index (κ2) is 8.35. The van der Waals surface area contributed by atoms with Crippen molar-refractivity contribution in [3.05, 3.63) is 76.0 Å². The van der Waals surface area contributed by atoms with E-state index in [1.165, 1.54) is 22.9 Å². The Labute approximate surface area is 174 Å². The molecule has 1 N–H and O–H groups in total. The molecule has 0 saturated carbocycles. The lowest BCUT2D eigenvalue weighted by atomic mass is 10.2. The van der Waals surface area contributed by atoms with E-state index in [9.17, 15) is 17.6 Å². The molecule has 3 rings (SSSR count). The number of rotatable bonds is 7. The number of halogens is 1. The maximum Gasteiger partial charge on any atom is 0.296 e. The molecular formula is C21H24FN3O4S. The van der Waals surface area contributed by atoms with E-state index >= 15 is 0 Å². The van der Waals surface area contributed by atoms with Gasteiger partial charge in [0.05, 0.1) is 23.2 Å². The lowest BCUT2D eigenvalue weighted by molar-refractivity contribution is 0.242. The van der Waals surface area contributed by atoms with Crippen LogP contribution in [0.15, 0.2) is 53.3 Å². The Morgan fingerprint density at radius 3 is 2.50 bits per heavy atom. The number of nitrogens with zero attached hydrogens (tertiary/aromatic N) is 2. The molecule has 0 aliphatic carbocycles. The van der Waals surface area contributed by atoms with Crippen LogP contribution in [-0.2, 0) is 22.8 Å². The fourth-order valence-corrected chi connectivity index (χ4v) is 4.35. The summed E-state index contributed by atoms with van der Waals surface area (Å²) in [6.45, 7) is 5.43. The van der Waals surface area contributed by atoms with Gasteiger partial charge in [-0.1, -0.05) is 24.3 Å². The van der Waals surface area contributed by atoms with Gasteiger partial charge < -0.3 is 4.74 Å². The van der Waals surface area contributed by atoms with Crippen molar-refractivity contribution in [3.8, 4) is 11.4 Å². The third kappa shape index (κ3) is 4.56. The second-order valence-electron chi connectivity index (χ2n) is 7.22. The number of nitrogens with one attached hydrogen (secondary N) is 1. The first-order chi connectivity index (χ1) is 14.1. The van der Waals surface area contributed by atoms with E-state index in [0.717, 1.165) is 0 Å². The Kier molecular flexibility index (Phi) is 6.02. The van der Waals surface area contributed by atoms with Gasteiger partial charge in [-0.15, -0.1) is 0 Å². The molecule has 0 radical (unpaired) electrons. The highest BCUT2D eigenvalue weighted by atomic mass is 32.2. The quantitative estimate of drug-likeness (QED) is 0.620. The normalized spacial score (nSPS) is 11.7. The number of ether oxygens (including phenoxy) is 1. The molecule has 1 heterocycles. The maximum absolute atomic E-state index is 13.9. The van der Waals surface area contributed by atoms with Crippen LogP contribution in [0.25, 0.3) is 5.69 Å². The summed E-state index contributed by atoms with van der Waals surface area (Å²) in [5.41, 5.74) is 0.367. The number of aromatic nitrogens is 2. The van der Waals surface area contributed by atoms with Gasteiger partial charge in [-0.2, -0.15) is 0 Å². The first kappa shape index (κ1) is 21.6. The third-order valence-electron chi connectivity index (χ3n) is 4.55. The van der Waals surface area contributed by atoms with Crippen LogP contribution in [0.2, 0.25) is 0 Å². The van der Waals surface area contributed by atoms with E-state index in [0.29, 0.717) is 17.1 Å². The van der Waals surface area contributed by atoms with Gasteiger partial charge in [-0.05, 0) is 39.0 Å². The topological polar surface area (TPSA) is 82.3 Å². The molecule has 0 amide bonds. The fourth-order valence-electron chi connectivity index (χ4n) is 3.09. The Morgan fingerprint density at radius 1 is 1.13 bits per heavy atom. The summed E-state index contributed by atoms with van der Waals surface area (Å²) in [4.78, 5) is 13.0. The number of hydrogen-bond donors (Lipinski definition) is 1. The van der Waals surface area contributed by atoms with Gasteiger partial charge in [0, 0.05) is 18.7 Å². The highest BCUT2D eigenvalue weighted by Gasteiger charge is 2.22. The minimum Gasteiger partial charge on any atom is -0.491 e. The number of sulfonamides is 1. The van der Waals surface area contributed by atoms with E-state index in [1.807, 2.05) is 13.8 Å². The summed E-state index contributed by atoms with van der Waals surface area (Å²) in [5.74, 6) is -0.604. The Bertz CT molecular complexity index is 1230. The molecule has 0 fully saturated rings. The Hall–Kier alpha value is -3.07. The summed E-state index contributed by atoms with van der Waals surface area (Å²) < 4.78 is 50.0. The smallest absolute Gasteiger partial charge is 0.296 e. The molecular weight excluding hydrogens is 409 g/mol. The SMILES string of the molecule is Cc1c(NS(=O)(=O)Cc2ccccc2F)c(=O)n(-c2cccc(OC(C)C)c2)n1C. The van der Waals surface area contributed by atoms with Crippen molar-refractivity contribution in [2.24, 2.45) is 7.05 Å². The van der Waals surface area contributed by atoms with Crippen molar-refractivity contribution >= 4 is 15.7 Å². The van der Waals surface area contributed by atoms with E-state index in [2.05, 4.69) is 4.72 Å². The molecule has 2 aromatic carbocycles. The third-order valence-corrected chi connectivity index (χ3v) is 5.75. The minimum atomic E-state index is -4.01. The molecule has 0 bridgehead atoms. The summed E-state index contributed by atoms with van der Waals surface area (Å²) in [6.07, 6.45) is -0.0344. The summed E-state index contributed by atoms with van der Waals surface area (Å²) in [6, 6.07) is 12.6. The highest BCUT2D eigenvalue weighted by molar-refractivity contribution is 7.91. The standard InChI is InChI=1S/C21H24FN3O4S/c1-14(2)29-18-10-7-9-17(12-18)25-21(26)20(15(3)24(25)4)23-30(27,28)13-16-8-5-6-11-19(16)22/h5-12,14,23H,13H2,1-4H3. The Balaban J connectivity index is 1.97. The maximum atomic E-state index is 13.9. The van der Waals surface area contributed by atoms with Crippen LogP contribution in [-0.4, -0.2) is 23.9 Å². The monoisotopic (exact) mass is 433 g/mol. The van der Waals surface area contributed by atoms with Gasteiger partial charge in [-0.3, -0.25) is 14.2 Å². The predicted octanol–water partition coefficient (Wildman–Crippen LogP) is 3.35. The van der Waals surface area contributed by atoms with Gasteiger partial charge in [0.1, 0.15) is 17.3 Å². The molecule has 1 aromatic heterocycles. The van der Waals surface area contributed by atoms with Crippen molar-refractivity contribution < 1.29 is 17.5 Å². The van der Waals surface area contributed by atoms with Crippen LogP contribution in [0.4, 0.5) is 10.1 Å². The molecule has 3 aromatic rings.